The van der Waals surface area contributed by atoms with E-state index in [2.05, 4.69) is 15.6 Å². The van der Waals surface area contributed by atoms with Crippen molar-refractivity contribution in [3.05, 3.63) is 76.5 Å². The number of furan rings is 1. The largest absolute Gasteiger partial charge is 0.451 e. The Bertz CT molecular complexity index is 1360. The van der Waals surface area contributed by atoms with Crippen molar-refractivity contribution in [2.24, 2.45) is 5.73 Å². The maximum Gasteiger partial charge on any atom is 0.291 e. The number of carbonyl (C=O) groups is 3. The fourth-order valence-electron chi connectivity index (χ4n) is 3.29. The lowest BCUT2D eigenvalue weighted by molar-refractivity contribution is -0.117. The number of para-hydroxylation sites is 1. The summed E-state index contributed by atoms with van der Waals surface area (Å²) in [5.41, 5.74) is 8.26. The number of rotatable bonds is 9. The van der Waals surface area contributed by atoms with Gasteiger partial charge in [0.1, 0.15) is 9.92 Å². The van der Waals surface area contributed by atoms with E-state index in [1.54, 1.807) is 47.4 Å². The Hall–Kier alpha value is -3.63. The number of thioether (sulfide) groups is 1. The van der Waals surface area contributed by atoms with Gasteiger partial charge in [-0.2, -0.15) is 0 Å². The van der Waals surface area contributed by atoms with Gasteiger partial charge in [-0.05, 0) is 31.2 Å². The van der Waals surface area contributed by atoms with Crippen LogP contribution in [0.25, 0.3) is 11.0 Å². The predicted octanol–water partition coefficient (Wildman–Crippen LogP) is 4.35. The molecule has 4 rings (SSSR count). The quantitative estimate of drug-likeness (QED) is 0.297. The van der Waals surface area contributed by atoms with Crippen LogP contribution in [-0.2, 0) is 10.5 Å². The number of hydrogen-bond donors (Lipinski definition) is 3. The van der Waals surface area contributed by atoms with Gasteiger partial charge in [0, 0.05) is 52.0 Å². The monoisotopic (exact) mass is 494 g/mol. The summed E-state index contributed by atoms with van der Waals surface area (Å²) in [5, 5.41) is 8.30. The zero-order valence-electron chi connectivity index (χ0n) is 18.3. The van der Waals surface area contributed by atoms with E-state index in [1.165, 1.54) is 0 Å². The Kier molecular flexibility index (Phi) is 7.29. The maximum atomic E-state index is 13.2. The third-order valence-electron chi connectivity index (χ3n) is 4.88. The predicted molar refractivity (Wildman–Crippen MR) is 133 cm³/mol. The van der Waals surface area contributed by atoms with Gasteiger partial charge in [0.25, 0.3) is 11.8 Å². The summed E-state index contributed by atoms with van der Waals surface area (Å²) in [5.74, 6) is -0.524. The number of benzene rings is 2. The van der Waals surface area contributed by atoms with E-state index in [1.807, 2.05) is 36.6 Å². The molecule has 3 amide bonds. The number of amides is 3. The topological polar surface area (TPSA) is 127 Å². The van der Waals surface area contributed by atoms with Crippen LogP contribution in [0, 0.1) is 6.92 Å². The molecule has 4 aromatic rings. The molecule has 0 aliphatic rings. The van der Waals surface area contributed by atoms with Gasteiger partial charge in [0.2, 0.25) is 5.91 Å². The molecular weight excluding hydrogens is 472 g/mol. The van der Waals surface area contributed by atoms with Crippen LogP contribution in [0.5, 0.6) is 0 Å². The van der Waals surface area contributed by atoms with Gasteiger partial charge in [0.15, 0.2) is 5.76 Å². The highest BCUT2D eigenvalue weighted by Gasteiger charge is 2.21. The van der Waals surface area contributed by atoms with Gasteiger partial charge in [-0.15, -0.1) is 11.3 Å². The number of anilines is 1. The first-order chi connectivity index (χ1) is 16.4. The molecule has 0 saturated carbocycles. The van der Waals surface area contributed by atoms with Gasteiger partial charge >= 0.3 is 0 Å². The number of carbonyl (C=O) groups excluding carboxylic acids is 3. The highest BCUT2D eigenvalue weighted by atomic mass is 32.2. The molecule has 2 heterocycles. The maximum absolute atomic E-state index is 13.2. The third-order valence-corrected chi connectivity index (χ3v) is 7.05. The van der Waals surface area contributed by atoms with Gasteiger partial charge in [-0.1, -0.05) is 36.0 Å². The highest BCUT2D eigenvalue weighted by Crippen LogP contribution is 2.33. The van der Waals surface area contributed by atoms with Crippen molar-refractivity contribution in [3.8, 4) is 0 Å². The van der Waals surface area contributed by atoms with Crippen LogP contribution in [-0.4, -0.2) is 29.3 Å². The molecule has 0 saturated heterocycles. The minimum Gasteiger partial charge on any atom is -0.451 e. The van der Waals surface area contributed by atoms with Gasteiger partial charge in [-0.3, -0.25) is 14.4 Å². The number of fused-ring (bicyclic) bond motifs is 1. The molecule has 10 heteroatoms. The molecule has 8 nitrogen and oxygen atoms in total. The van der Waals surface area contributed by atoms with Gasteiger partial charge < -0.3 is 20.8 Å². The van der Waals surface area contributed by atoms with Crippen molar-refractivity contribution >= 4 is 57.5 Å². The van der Waals surface area contributed by atoms with Gasteiger partial charge in [-0.25, -0.2) is 4.98 Å². The standard InChI is InChI=1S/C24H22N4O4S2/c1-14-12-33-24(27-14)34-13-18-17-7-2-3-8-19(17)32-21(18)23(31)28-16-6-4-5-15(11-16)22(30)26-10-9-20(25)29/h2-8,11-12H,9-10,13H2,1H3,(H2,25,29)(H,26,30)(H,28,31). The summed E-state index contributed by atoms with van der Waals surface area (Å²) in [6.07, 6.45) is 0.0512. The van der Waals surface area contributed by atoms with Crippen LogP contribution in [0.1, 0.15) is 38.6 Å². The van der Waals surface area contributed by atoms with E-state index in [0.29, 0.717) is 22.6 Å². The van der Waals surface area contributed by atoms with Crippen molar-refractivity contribution in [2.45, 2.75) is 23.4 Å². The minimum atomic E-state index is -0.494. The van der Waals surface area contributed by atoms with Crippen LogP contribution in [0.4, 0.5) is 5.69 Å². The molecule has 0 unspecified atom stereocenters. The first-order valence-electron chi connectivity index (χ1n) is 10.4. The molecule has 174 valence electrons. The number of primary amides is 1. The van der Waals surface area contributed by atoms with E-state index >= 15 is 0 Å². The second-order valence-corrected chi connectivity index (χ2v) is 9.54. The summed E-state index contributed by atoms with van der Waals surface area (Å²) in [6.45, 7) is 2.09. The molecule has 0 atom stereocenters. The zero-order valence-corrected chi connectivity index (χ0v) is 19.9. The SMILES string of the molecule is Cc1csc(SCc2c(C(=O)Nc3cccc(C(=O)NCCC(N)=O)c3)oc3ccccc23)n1. The second-order valence-electron chi connectivity index (χ2n) is 7.46. The van der Waals surface area contributed by atoms with Crippen LogP contribution in [0.15, 0.2) is 62.7 Å². The van der Waals surface area contributed by atoms with Crippen LogP contribution in [0.2, 0.25) is 0 Å². The Morgan fingerprint density at radius 2 is 1.94 bits per heavy atom. The van der Waals surface area contributed by atoms with E-state index in [-0.39, 0.29) is 24.6 Å². The first-order valence-corrected chi connectivity index (χ1v) is 12.3. The van der Waals surface area contributed by atoms with Crippen molar-refractivity contribution in [3.63, 3.8) is 0 Å². The molecular formula is C24H22N4O4S2. The average Bonchev–Trinajstić information content (AvgIpc) is 3.40. The summed E-state index contributed by atoms with van der Waals surface area (Å²) in [4.78, 5) is 40.8. The van der Waals surface area contributed by atoms with Crippen LogP contribution in [0.3, 0.4) is 0 Å². The normalized spacial score (nSPS) is 10.9. The zero-order chi connectivity index (χ0) is 24.1. The molecule has 34 heavy (non-hydrogen) atoms. The summed E-state index contributed by atoms with van der Waals surface area (Å²) < 4.78 is 6.84. The Morgan fingerprint density at radius 1 is 1.12 bits per heavy atom. The van der Waals surface area contributed by atoms with Crippen molar-refractivity contribution in [1.29, 1.82) is 0 Å². The lowest BCUT2D eigenvalue weighted by Crippen LogP contribution is -2.27. The minimum absolute atomic E-state index is 0.0512. The number of nitrogens with one attached hydrogen (secondary N) is 2. The Labute approximate surface area is 203 Å². The molecule has 0 spiro atoms. The highest BCUT2D eigenvalue weighted by molar-refractivity contribution is 8.00. The fourth-order valence-corrected chi connectivity index (χ4v) is 5.16. The smallest absolute Gasteiger partial charge is 0.291 e. The average molecular weight is 495 g/mol. The lowest BCUT2D eigenvalue weighted by Gasteiger charge is -2.08. The number of nitrogens with zero attached hydrogens (tertiary/aromatic N) is 1. The first kappa shape index (κ1) is 23.5. The number of nitrogens with two attached hydrogens (primary N) is 1. The summed E-state index contributed by atoms with van der Waals surface area (Å²) >= 11 is 3.11. The molecule has 2 aromatic heterocycles. The second kappa shape index (κ2) is 10.5. The number of thiazole rings is 1. The molecule has 0 fully saturated rings. The van der Waals surface area contributed by atoms with Crippen molar-refractivity contribution in [2.75, 3.05) is 11.9 Å². The number of hydrogen-bond acceptors (Lipinski definition) is 7. The number of aryl methyl sites for hydroxylation is 1. The van der Waals surface area contributed by atoms with Gasteiger partial charge in [0.05, 0.1) is 0 Å². The van der Waals surface area contributed by atoms with Crippen molar-refractivity contribution in [1.82, 2.24) is 10.3 Å². The third kappa shape index (κ3) is 5.64. The van der Waals surface area contributed by atoms with Crippen LogP contribution >= 0.6 is 23.1 Å². The summed E-state index contributed by atoms with van der Waals surface area (Å²) in [7, 11) is 0. The molecule has 0 aliphatic heterocycles. The molecule has 4 N–H and O–H groups in total. The van der Waals surface area contributed by atoms with Crippen molar-refractivity contribution < 1.29 is 18.8 Å². The molecule has 0 radical (unpaired) electrons. The fraction of sp³-hybridized carbons (Fsp3) is 0.167. The van der Waals surface area contributed by atoms with E-state index in [4.69, 9.17) is 10.2 Å². The Balaban J connectivity index is 1.53. The lowest BCUT2D eigenvalue weighted by atomic mass is 10.1. The van der Waals surface area contributed by atoms with Crippen LogP contribution < -0.4 is 16.4 Å². The van der Waals surface area contributed by atoms with E-state index in [0.717, 1.165) is 21.0 Å². The van der Waals surface area contributed by atoms with E-state index < -0.39 is 11.8 Å². The molecule has 2 aromatic carbocycles. The summed E-state index contributed by atoms with van der Waals surface area (Å²) in [6, 6.07) is 14.0. The Morgan fingerprint density at radius 3 is 2.71 bits per heavy atom. The van der Waals surface area contributed by atoms with E-state index in [9.17, 15) is 14.4 Å². The molecule has 0 aliphatic carbocycles. The molecule has 0 bridgehead atoms. The number of aromatic nitrogens is 1.